The maximum Gasteiger partial charge on any atom is 0.337 e. The number of pyridine rings is 1. The summed E-state index contributed by atoms with van der Waals surface area (Å²) in [7, 11) is 4.57. The zero-order valence-electron chi connectivity index (χ0n) is 17.4. The van der Waals surface area contributed by atoms with Gasteiger partial charge in [-0.25, -0.2) is 9.78 Å². The van der Waals surface area contributed by atoms with Crippen molar-refractivity contribution in [2.45, 2.75) is 0 Å². The maximum atomic E-state index is 11.7. The van der Waals surface area contributed by atoms with Crippen molar-refractivity contribution in [2.24, 2.45) is 0 Å². The number of hydrogen-bond donors (Lipinski definition) is 1. The second kappa shape index (κ2) is 8.64. The molecule has 4 aromatic rings. The fourth-order valence-corrected chi connectivity index (χ4v) is 3.26. The number of nitrogens with one attached hydrogen (secondary N) is 1. The first-order valence-electron chi connectivity index (χ1n) is 9.53. The number of aromatic amines is 1. The molecule has 0 atom stereocenters. The summed E-state index contributed by atoms with van der Waals surface area (Å²) in [6.45, 7) is 0. The third kappa shape index (κ3) is 4.07. The van der Waals surface area contributed by atoms with Crippen molar-refractivity contribution in [3.05, 3.63) is 77.6 Å². The summed E-state index contributed by atoms with van der Waals surface area (Å²) in [5.41, 5.74) is 4.64. The van der Waals surface area contributed by atoms with Crippen LogP contribution in [0, 0.1) is 11.8 Å². The number of fused-ring (bicyclic) bond motifs is 1. The summed E-state index contributed by atoms with van der Waals surface area (Å²) in [6, 6.07) is 14.8. The molecular formula is C25H20N2O4. The Balaban J connectivity index is 1.71. The average Bonchev–Trinajstić information content (AvgIpc) is 3.24. The minimum absolute atomic E-state index is 0.389. The molecule has 6 nitrogen and oxygen atoms in total. The molecule has 6 heteroatoms. The van der Waals surface area contributed by atoms with Crippen LogP contribution in [0.25, 0.3) is 22.2 Å². The molecule has 0 bridgehead atoms. The molecule has 0 spiro atoms. The van der Waals surface area contributed by atoms with Crippen molar-refractivity contribution in [1.29, 1.82) is 0 Å². The predicted molar refractivity (Wildman–Crippen MR) is 118 cm³/mol. The van der Waals surface area contributed by atoms with Crippen LogP contribution in [-0.4, -0.2) is 37.3 Å². The van der Waals surface area contributed by atoms with Gasteiger partial charge in [0, 0.05) is 28.9 Å². The number of carbonyl (C=O) groups excluding carboxylic acids is 1. The van der Waals surface area contributed by atoms with Gasteiger partial charge in [0.15, 0.2) is 11.5 Å². The highest BCUT2D eigenvalue weighted by Crippen LogP contribution is 2.33. The number of esters is 1. The Hall–Kier alpha value is -4.24. The molecule has 4 rings (SSSR count). The van der Waals surface area contributed by atoms with E-state index in [4.69, 9.17) is 14.2 Å². The van der Waals surface area contributed by atoms with E-state index in [0.717, 1.165) is 33.3 Å². The van der Waals surface area contributed by atoms with Crippen LogP contribution in [0.1, 0.15) is 21.5 Å². The molecule has 2 heterocycles. The van der Waals surface area contributed by atoms with E-state index in [1.54, 1.807) is 38.6 Å². The summed E-state index contributed by atoms with van der Waals surface area (Å²) in [5, 5.41) is 0.906. The molecule has 1 N–H and O–H groups in total. The van der Waals surface area contributed by atoms with Crippen LogP contribution in [0.4, 0.5) is 0 Å². The first-order valence-corrected chi connectivity index (χ1v) is 9.53. The minimum Gasteiger partial charge on any atom is -0.493 e. The van der Waals surface area contributed by atoms with Gasteiger partial charge in [0.25, 0.3) is 0 Å². The van der Waals surface area contributed by atoms with Crippen LogP contribution in [-0.2, 0) is 4.74 Å². The first-order chi connectivity index (χ1) is 15.1. The second-order valence-corrected chi connectivity index (χ2v) is 6.71. The molecule has 154 valence electrons. The molecule has 0 aliphatic carbocycles. The van der Waals surface area contributed by atoms with Gasteiger partial charge in [0.05, 0.1) is 32.5 Å². The summed E-state index contributed by atoms with van der Waals surface area (Å²) in [5.74, 6) is 7.21. The Morgan fingerprint density at radius 2 is 1.77 bits per heavy atom. The van der Waals surface area contributed by atoms with Crippen LogP contribution in [0.5, 0.6) is 11.5 Å². The van der Waals surface area contributed by atoms with Crippen LogP contribution >= 0.6 is 0 Å². The third-order valence-electron chi connectivity index (χ3n) is 4.87. The monoisotopic (exact) mass is 412 g/mol. The van der Waals surface area contributed by atoms with Gasteiger partial charge >= 0.3 is 5.97 Å². The number of hydrogen-bond acceptors (Lipinski definition) is 5. The fourth-order valence-electron chi connectivity index (χ4n) is 3.26. The van der Waals surface area contributed by atoms with Gasteiger partial charge < -0.3 is 19.2 Å². The molecule has 0 aliphatic heterocycles. The molecule has 0 saturated carbocycles. The lowest BCUT2D eigenvalue weighted by molar-refractivity contribution is 0.0600. The van der Waals surface area contributed by atoms with Crippen LogP contribution in [0.15, 0.2) is 60.9 Å². The van der Waals surface area contributed by atoms with Crippen LogP contribution < -0.4 is 9.47 Å². The van der Waals surface area contributed by atoms with Crippen LogP contribution in [0.3, 0.4) is 0 Å². The lowest BCUT2D eigenvalue weighted by Crippen LogP contribution is -2.00. The zero-order chi connectivity index (χ0) is 21.8. The Bertz CT molecular complexity index is 1330. The number of aromatic nitrogens is 2. The number of rotatable bonds is 4. The molecule has 0 unspecified atom stereocenters. The summed E-state index contributed by atoms with van der Waals surface area (Å²) in [6.07, 6.45) is 3.63. The molecule has 2 aromatic heterocycles. The smallest absolute Gasteiger partial charge is 0.337 e. The van der Waals surface area contributed by atoms with E-state index < -0.39 is 0 Å². The molecule has 0 fully saturated rings. The summed E-state index contributed by atoms with van der Waals surface area (Å²) < 4.78 is 15.5. The topological polar surface area (TPSA) is 73.4 Å². The van der Waals surface area contributed by atoms with Gasteiger partial charge in [0.2, 0.25) is 0 Å². The highest BCUT2D eigenvalue weighted by Gasteiger charge is 2.10. The van der Waals surface area contributed by atoms with E-state index in [-0.39, 0.29) is 5.97 Å². The van der Waals surface area contributed by atoms with Gasteiger partial charge in [-0.15, -0.1) is 0 Å². The van der Waals surface area contributed by atoms with Gasteiger partial charge in [-0.3, -0.25) is 0 Å². The van der Waals surface area contributed by atoms with Gasteiger partial charge in [-0.2, -0.15) is 0 Å². The van der Waals surface area contributed by atoms with E-state index in [1.807, 2.05) is 36.5 Å². The number of carbonyl (C=O) groups is 1. The number of benzene rings is 2. The molecule has 0 radical (unpaired) electrons. The highest BCUT2D eigenvalue weighted by molar-refractivity contribution is 5.90. The van der Waals surface area contributed by atoms with Crippen molar-refractivity contribution in [3.63, 3.8) is 0 Å². The van der Waals surface area contributed by atoms with E-state index in [2.05, 4.69) is 21.8 Å². The van der Waals surface area contributed by atoms with Crippen molar-refractivity contribution < 1.29 is 19.0 Å². The van der Waals surface area contributed by atoms with Crippen molar-refractivity contribution in [3.8, 4) is 34.5 Å². The first kappa shape index (κ1) is 20.0. The van der Waals surface area contributed by atoms with E-state index in [1.165, 1.54) is 7.11 Å². The predicted octanol–water partition coefficient (Wildman–Crippen LogP) is 4.43. The van der Waals surface area contributed by atoms with Crippen molar-refractivity contribution in [2.75, 3.05) is 21.3 Å². The Kier molecular flexibility index (Phi) is 5.59. The largest absolute Gasteiger partial charge is 0.493 e. The number of methoxy groups -OCH3 is 3. The summed E-state index contributed by atoms with van der Waals surface area (Å²) in [4.78, 5) is 19.4. The standard InChI is InChI=1S/C25H20N2O4/c1-29-22-10-9-17(13-23(22)30-2)20-12-21-19(14-26-24(21)27-15-20)8-7-16-5-4-6-18(11-16)25(28)31-3/h4-6,9-15H,1-3H3,(H,26,27). The lowest BCUT2D eigenvalue weighted by Gasteiger charge is -2.09. The molecule has 0 saturated heterocycles. The number of nitrogens with zero attached hydrogens (tertiary/aromatic N) is 1. The Morgan fingerprint density at radius 1 is 0.935 bits per heavy atom. The van der Waals surface area contributed by atoms with Gasteiger partial charge in [-0.05, 0) is 42.0 Å². The second-order valence-electron chi connectivity index (χ2n) is 6.71. The minimum atomic E-state index is -0.389. The Morgan fingerprint density at radius 3 is 2.55 bits per heavy atom. The van der Waals surface area contributed by atoms with Gasteiger partial charge in [-0.1, -0.05) is 24.0 Å². The highest BCUT2D eigenvalue weighted by atomic mass is 16.5. The molecule has 0 amide bonds. The molecule has 2 aromatic carbocycles. The van der Waals surface area contributed by atoms with E-state index >= 15 is 0 Å². The average molecular weight is 412 g/mol. The van der Waals surface area contributed by atoms with Gasteiger partial charge in [0.1, 0.15) is 5.65 Å². The maximum absolute atomic E-state index is 11.7. The molecule has 31 heavy (non-hydrogen) atoms. The van der Waals surface area contributed by atoms with Crippen molar-refractivity contribution >= 4 is 17.0 Å². The molecular weight excluding hydrogens is 392 g/mol. The third-order valence-corrected chi connectivity index (χ3v) is 4.87. The normalized spacial score (nSPS) is 10.3. The number of ether oxygens (including phenoxy) is 3. The zero-order valence-corrected chi connectivity index (χ0v) is 17.4. The molecule has 0 aliphatic rings. The summed E-state index contributed by atoms with van der Waals surface area (Å²) >= 11 is 0. The Labute approximate surface area is 179 Å². The van der Waals surface area contributed by atoms with E-state index in [9.17, 15) is 4.79 Å². The quantitative estimate of drug-likeness (QED) is 0.396. The van der Waals surface area contributed by atoms with Crippen LogP contribution in [0.2, 0.25) is 0 Å². The fraction of sp³-hybridized carbons (Fsp3) is 0.120. The van der Waals surface area contributed by atoms with E-state index in [0.29, 0.717) is 17.1 Å². The number of H-pyrrole nitrogens is 1. The van der Waals surface area contributed by atoms with Crippen molar-refractivity contribution in [1.82, 2.24) is 9.97 Å². The SMILES string of the molecule is COC(=O)c1cccc(C#Cc2c[nH]c3ncc(-c4ccc(OC)c(OC)c4)cc23)c1. The lowest BCUT2D eigenvalue weighted by atomic mass is 10.0.